The van der Waals surface area contributed by atoms with Gasteiger partial charge in [-0.2, -0.15) is 0 Å². The Labute approximate surface area is 282 Å². The summed E-state index contributed by atoms with van der Waals surface area (Å²) in [6.45, 7) is 9.11. The molecule has 0 amide bonds. The highest BCUT2D eigenvalue weighted by Crippen LogP contribution is 2.55. The summed E-state index contributed by atoms with van der Waals surface area (Å²) < 4.78 is 2.32. The lowest BCUT2D eigenvalue weighted by Crippen LogP contribution is -2.17. The first-order valence-corrected chi connectivity index (χ1v) is 16.9. The van der Waals surface area contributed by atoms with Gasteiger partial charge in [0.2, 0.25) is 0 Å². The molecule has 0 saturated heterocycles. The van der Waals surface area contributed by atoms with Gasteiger partial charge < -0.3 is 9.47 Å². The summed E-state index contributed by atoms with van der Waals surface area (Å²) in [6, 6.07) is 52.0. The molecule has 1 aliphatic carbocycles. The highest BCUT2D eigenvalue weighted by atomic mass is 15.1. The summed E-state index contributed by atoms with van der Waals surface area (Å²) in [5.41, 5.74) is 16.3. The van der Waals surface area contributed by atoms with Crippen LogP contribution in [-0.4, -0.2) is 4.57 Å². The van der Waals surface area contributed by atoms with Crippen LogP contribution in [-0.2, 0) is 12.5 Å². The van der Waals surface area contributed by atoms with E-state index in [-0.39, 0.29) is 5.41 Å². The van der Waals surface area contributed by atoms with Crippen molar-refractivity contribution in [2.24, 2.45) is 7.05 Å². The van der Waals surface area contributed by atoms with E-state index in [0.29, 0.717) is 0 Å². The maximum Gasteiger partial charge on any atom is 0.0561 e. The number of anilines is 3. The molecule has 0 aliphatic heterocycles. The molecule has 8 aromatic rings. The van der Waals surface area contributed by atoms with Crippen molar-refractivity contribution in [1.82, 2.24) is 4.57 Å². The minimum Gasteiger partial charge on any atom is -0.344 e. The van der Waals surface area contributed by atoms with Gasteiger partial charge in [0, 0.05) is 40.1 Å². The number of aromatic nitrogens is 1. The second kappa shape index (κ2) is 10.5. The number of nitrogens with zero attached hydrogens (tertiary/aromatic N) is 2. The van der Waals surface area contributed by atoms with Crippen LogP contribution in [0.5, 0.6) is 0 Å². The number of hydrogen-bond acceptors (Lipinski definition) is 1. The number of hydrogen-bond donors (Lipinski definition) is 0. The van der Waals surface area contributed by atoms with Crippen molar-refractivity contribution in [3.63, 3.8) is 0 Å². The second-order valence-corrected chi connectivity index (χ2v) is 14.0. The molecule has 1 aromatic heterocycles. The van der Waals surface area contributed by atoms with Gasteiger partial charge in [0.25, 0.3) is 0 Å². The first-order chi connectivity index (χ1) is 23.3. The number of benzene rings is 7. The third-order valence-corrected chi connectivity index (χ3v) is 10.7. The van der Waals surface area contributed by atoms with Crippen molar-refractivity contribution >= 4 is 49.6 Å². The van der Waals surface area contributed by atoms with Gasteiger partial charge in [-0.25, -0.2) is 0 Å². The Morgan fingerprint density at radius 3 is 1.90 bits per heavy atom. The Morgan fingerprint density at radius 1 is 0.521 bits per heavy atom. The summed E-state index contributed by atoms with van der Waals surface area (Å²) in [6.07, 6.45) is 0. The van der Waals surface area contributed by atoms with Crippen molar-refractivity contribution in [2.75, 3.05) is 4.90 Å². The summed E-state index contributed by atoms with van der Waals surface area (Å²) in [5.74, 6) is 0. The quantitative estimate of drug-likeness (QED) is 0.190. The highest BCUT2D eigenvalue weighted by Gasteiger charge is 2.38. The average molecular weight is 619 g/mol. The summed E-state index contributed by atoms with van der Waals surface area (Å²) in [4.78, 5) is 2.46. The Kier molecular flexibility index (Phi) is 6.23. The first-order valence-electron chi connectivity index (χ1n) is 16.9. The van der Waals surface area contributed by atoms with Crippen LogP contribution in [0.3, 0.4) is 0 Å². The zero-order chi connectivity index (χ0) is 32.7. The molecule has 9 rings (SSSR count). The SMILES string of the molecule is Cc1ccc(-c2cc3c(c4ccccc24)-c2ccc(N(c4ccc(C)cc4)c4cccc5c4c4ccccc4n5C)cc2C3(C)C)cc1. The van der Waals surface area contributed by atoms with Gasteiger partial charge >= 0.3 is 0 Å². The van der Waals surface area contributed by atoms with Crippen molar-refractivity contribution in [1.29, 1.82) is 0 Å². The fourth-order valence-corrected chi connectivity index (χ4v) is 8.18. The van der Waals surface area contributed by atoms with E-state index in [4.69, 9.17) is 0 Å². The van der Waals surface area contributed by atoms with Crippen LogP contribution in [0.25, 0.3) is 54.8 Å². The number of aryl methyl sites for hydroxylation is 3. The minimum absolute atomic E-state index is 0.186. The smallest absolute Gasteiger partial charge is 0.0561 e. The zero-order valence-electron chi connectivity index (χ0n) is 28.2. The summed E-state index contributed by atoms with van der Waals surface area (Å²) >= 11 is 0. The largest absolute Gasteiger partial charge is 0.344 e. The summed E-state index contributed by atoms with van der Waals surface area (Å²) in [7, 11) is 2.18. The molecule has 0 atom stereocenters. The monoisotopic (exact) mass is 618 g/mol. The molecule has 0 saturated carbocycles. The van der Waals surface area contributed by atoms with Gasteiger partial charge in [0.1, 0.15) is 0 Å². The van der Waals surface area contributed by atoms with Gasteiger partial charge in [-0.3, -0.25) is 0 Å². The molecule has 0 spiro atoms. The molecule has 0 unspecified atom stereocenters. The molecular weight excluding hydrogens is 581 g/mol. The van der Waals surface area contributed by atoms with E-state index in [0.717, 1.165) is 5.69 Å². The van der Waals surface area contributed by atoms with Crippen LogP contribution in [0.1, 0.15) is 36.1 Å². The highest BCUT2D eigenvalue weighted by molar-refractivity contribution is 6.16. The standard InChI is InChI=1S/C46H38N2/c1-29-17-21-31(22-18-29)38-28-40-44(35-12-7-6-11-34(35)38)36-26-25-33(27-39(36)46(40,3)4)48(32-23-19-30(2)20-24-32)43-16-10-15-42-45(43)37-13-8-9-14-41(37)47(42)5/h6-28H,1-5H3. The van der Waals surface area contributed by atoms with Crippen molar-refractivity contribution in [3.8, 4) is 22.3 Å². The average Bonchev–Trinajstić information content (AvgIpc) is 3.53. The normalized spacial score (nSPS) is 13.3. The Bertz CT molecular complexity index is 2550. The Hall–Kier alpha value is -5.60. The fourth-order valence-electron chi connectivity index (χ4n) is 8.18. The molecule has 1 heterocycles. The van der Waals surface area contributed by atoms with E-state index in [1.807, 2.05) is 0 Å². The minimum atomic E-state index is -0.186. The van der Waals surface area contributed by atoms with Crippen molar-refractivity contribution in [2.45, 2.75) is 33.1 Å². The van der Waals surface area contributed by atoms with Crippen LogP contribution in [0.15, 0.2) is 140 Å². The number of rotatable bonds is 4. The van der Waals surface area contributed by atoms with Crippen LogP contribution in [0, 0.1) is 13.8 Å². The molecule has 0 N–H and O–H groups in total. The van der Waals surface area contributed by atoms with E-state index < -0.39 is 0 Å². The molecule has 0 radical (unpaired) electrons. The maximum atomic E-state index is 2.47. The van der Waals surface area contributed by atoms with Crippen molar-refractivity contribution in [3.05, 3.63) is 162 Å². The van der Waals surface area contributed by atoms with E-state index >= 15 is 0 Å². The summed E-state index contributed by atoms with van der Waals surface area (Å²) in [5, 5.41) is 5.16. The molecule has 0 fully saturated rings. The molecule has 48 heavy (non-hydrogen) atoms. The predicted octanol–water partition coefficient (Wildman–Crippen LogP) is 12.5. The fraction of sp³-hybridized carbons (Fsp3) is 0.130. The van der Waals surface area contributed by atoms with E-state index in [9.17, 15) is 0 Å². The third kappa shape index (κ3) is 4.12. The molecular formula is C46H38N2. The number of fused-ring (bicyclic) bond motifs is 8. The molecule has 7 aromatic carbocycles. The number of para-hydroxylation sites is 1. The zero-order valence-corrected chi connectivity index (χ0v) is 28.2. The Balaban J connectivity index is 1.29. The van der Waals surface area contributed by atoms with Crippen LogP contribution >= 0.6 is 0 Å². The lowest BCUT2D eigenvalue weighted by molar-refractivity contribution is 0.661. The van der Waals surface area contributed by atoms with Crippen LogP contribution in [0.4, 0.5) is 17.1 Å². The van der Waals surface area contributed by atoms with E-state index in [1.165, 1.54) is 88.5 Å². The predicted molar refractivity (Wildman–Crippen MR) is 205 cm³/mol. The van der Waals surface area contributed by atoms with Gasteiger partial charge in [0.05, 0.1) is 11.2 Å². The van der Waals surface area contributed by atoms with Crippen LogP contribution in [0.2, 0.25) is 0 Å². The maximum absolute atomic E-state index is 2.47. The topological polar surface area (TPSA) is 8.17 Å². The molecule has 2 nitrogen and oxygen atoms in total. The van der Waals surface area contributed by atoms with Gasteiger partial charge in [-0.1, -0.05) is 116 Å². The van der Waals surface area contributed by atoms with Gasteiger partial charge in [0.15, 0.2) is 0 Å². The van der Waals surface area contributed by atoms with Crippen molar-refractivity contribution < 1.29 is 0 Å². The van der Waals surface area contributed by atoms with E-state index in [1.54, 1.807) is 0 Å². The van der Waals surface area contributed by atoms with Gasteiger partial charge in [-0.15, -0.1) is 0 Å². The Morgan fingerprint density at radius 2 is 1.15 bits per heavy atom. The van der Waals surface area contributed by atoms with Crippen LogP contribution < -0.4 is 4.90 Å². The lowest BCUT2D eigenvalue weighted by Gasteiger charge is -2.29. The third-order valence-electron chi connectivity index (χ3n) is 10.7. The molecule has 232 valence electrons. The second-order valence-electron chi connectivity index (χ2n) is 14.0. The first kappa shape index (κ1) is 28.6. The lowest BCUT2D eigenvalue weighted by atomic mass is 9.80. The van der Waals surface area contributed by atoms with Gasteiger partial charge in [-0.05, 0) is 107 Å². The van der Waals surface area contributed by atoms with E-state index in [2.05, 4.69) is 184 Å². The molecule has 2 heteroatoms. The molecule has 1 aliphatic rings. The molecule has 0 bridgehead atoms.